The Morgan fingerprint density at radius 1 is 1.10 bits per heavy atom. The summed E-state index contributed by atoms with van der Waals surface area (Å²) in [6, 6.07) is 13.3. The normalized spacial score (nSPS) is 10.2. The summed E-state index contributed by atoms with van der Waals surface area (Å²) in [7, 11) is 2.95. The molecule has 0 aliphatic carbocycles. The summed E-state index contributed by atoms with van der Waals surface area (Å²) in [4.78, 5) is 13.5. The molecule has 0 aliphatic rings. The fourth-order valence-electron chi connectivity index (χ4n) is 1.63. The average Bonchev–Trinajstić information content (AvgIpc) is 2.49. The number of benzene rings is 2. The van der Waals surface area contributed by atoms with Gasteiger partial charge in [0.15, 0.2) is 0 Å². The molecule has 0 unspecified atom stereocenters. The van der Waals surface area contributed by atoms with Crippen molar-refractivity contribution in [2.24, 2.45) is 0 Å². The third-order valence-electron chi connectivity index (χ3n) is 2.63. The van der Waals surface area contributed by atoms with E-state index in [1.54, 1.807) is 31.0 Å². The lowest BCUT2D eigenvalue weighted by molar-refractivity contribution is 0.0600. The summed E-state index contributed by atoms with van der Waals surface area (Å²) in [6.07, 6.45) is 0. The van der Waals surface area contributed by atoms with E-state index in [2.05, 4.69) is 15.9 Å². The Balaban J connectivity index is 2.27. The second-order valence-electron chi connectivity index (χ2n) is 3.91. The van der Waals surface area contributed by atoms with Crippen LogP contribution in [-0.4, -0.2) is 20.2 Å². The van der Waals surface area contributed by atoms with Gasteiger partial charge in [-0.15, -0.1) is 0 Å². The molecule has 0 fully saturated rings. The van der Waals surface area contributed by atoms with Crippen molar-refractivity contribution in [2.75, 3.05) is 14.2 Å². The number of rotatable bonds is 4. The topological polar surface area (TPSA) is 35.5 Å². The SMILES string of the molecule is COC(=O)c1ccc(Sc2ccc(Br)cc2)c(OC)c1. The van der Waals surface area contributed by atoms with Gasteiger partial charge in [0.2, 0.25) is 0 Å². The first-order chi connectivity index (χ1) is 9.63. The van der Waals surface area contributed by atoms with Crippen LogP contribution in [0, 0.1) is 0 Å². The third kappa shape index (κ3) is 3.55. The predicted octanol–water partition coefficient (Wildman–Crippen LogP) is 4.40. The first-order valence-corrected chi connectivity index (χ1v) is 7.44. The van der Waals surface area contributed by atoms with Crippen molar-refractivity contribution in [3.63, 3.8) is 0 Å². The molecule has 3 nitrogen and oxygen atoms in total. The fraction of sp³-hybridized carbons (Fsp3) is 0.133. The highest BCUT2D eigenvalue weighted by molar-refractivity contribution is 9.10. The molecule has 2 rings (SSSR count). The Labute approximate surface area is 130 Å². The molecule has 0 saturated heterocycles. The minimum absolute atomic E-state index is 0.372. The van der Waals surface area contributed by atoms with Crippen LogP contribution >= 0.6 is 27.7 Å². The molecular weight excluding hydrogens is 340 g/mol. The first-order valence-electron chi connectivity index (χ1n) is 5.84. The molecule has 0 amide bonds. The highest BCUT2D eigenvalue weighted by Crippen LogP contribution is 2.36. The second kappa shape index (κ2) is 6.81. The maximum Gasteiger partial charge on any atom is 0.337 e. The van der Waals surface area contributed by atoms with Gasteiger partial charge in [-0.05, 0) is 42.5 Å². The third-order valence-corrected chi connectivity index (χ3v) is 4.22. The Hall–Kier alpha value is -1.46. The fourth-order valence-corrected chi connectivity index (χ4v) is 2.80. The monoisotopic (exact) mass is 352 g/mol. The van der Waals surface area contributed by atoms with E-state index in [-0.39, 0.29) is 5.97 Å². The van der Waals surface area contributed by atoms with Crippen LogP contribution in [0.4, 0.5) is 0 Å². The van der Waals surface area contributed by atoms with Crippen molar-refractivity contribution in [3.05, 3.63) is 52.5 Å². The molecule has 0 aliphatic heterocycles. The van der Waals surface area contributed by atoms with Crippen LogP contribution < -0.4 is 4.74 Å². The molecule has 0 saturated carbocycles. The lowest BCUT2D eigenvalue weighted by Gasteiger charge is -2.09. The highest BCUT2D eigenvalue weighted by Gasteiger charge is 2.11. The lowest BCUT2D eigenvalue weighted by Crippen LogP contribution is -2.01. The van der Waals surface area contributed by atoms with Crippen LogP contribution in [-0.2, 0) is 4.74 Å². The van der Waals surface area contributed by atoms with Crippen molar-refractivity contribution >= 4 is 33.7 Å². The number of ether oxygens (including phenoxy) is 2. The Bertz CT molecular complexity index is 611. The van der Waals surface area contributed by atoms with E-state index in [1.165, 1.54) is 7.11 Å². The summed E-state index contributed by atoms with van der Waals surface area (Å²) in [5.74, 6) is 0.282. The molecule has 0 radical (unpaired) electrons. The Morgan fingerprint density at radius 3 is 2.40 bits per heavy atom. The van der Waals surface area contributed by atoms with E-state index in [4.69, 9.17) is 9.47 Å². The number of hydrogen-bond acceptors (Lipinski definition) is 4. The Kier molecular flexibility index (Phi) is 5.09. The highest BCUT2D eigenvalue weighted by atomic mass is 79.9. The summed E-state index contributed by atoms with van der Waals surface area (Å²) in [5.41, 5.74) is 0.476. The number of esters is 1. The van der Waals surface area contributed by atoms with Crippen LogP contribution in [0.1, 0.15) is 10.4 Å². The molecule has 5 heteroatoms. The maximum absolute atomic E-state index is 11.5. The second-order valence-corrected chi connectivity index (χ2v) is 5.94. The number of methoxy groups -OCH3 is 2. The number of halogens is 1. The average molecular weight is 353 g/mol. The first kappa shape index (κ1) is 14.9. The number of carbonyl (C=O) groups is 1. The van der Waals surface area contributed by atoms with Crippen LogP contribution in [0.25, 0.3) is 0 Å². The molecule has 0 spiro atoms. The molecule has 2 aromatic carbocycles. The zero-order valence-corrected chi connectivity index (χ0v) is 13.5. The quantitative estimate of drug-likeness (QED) is 0.764. The number of hydrogen-bond donors (Lipinski definition) is 0. The van der Waals surface area contributed by atoms with Crippen LogP contribution in [0.2, 0.25) is 0 Å². The smallest absolute Gasteiger partial charge is 0.337 e. The summed E-state index contributed by atoms with van der Waals surface area (Å²) < 4.78 is 11.1. The Morgan fingerprint density at radius 2 is 1.80 bits per heavy atom. The summed E-state index contributed by atoms with van der Waals surface area (Å²) in [6.45, 7) is 0. The van der Waals surface area contributed by atoms with E-state index >= 15 is 0 Å². The van der Waals surface area contributed by atoms with Gasteiger partial charge in [0.1, 0.15) is 5.75 Å². The van der Waals surface area contributed by atoms with Crippen molar-refractivity contribution in [1.29, 1.82) is 0 Å². The molecule has 0 N–H and O–H groups in total. The van der Waals surface area contributed by atoms with Gasteiger partial charge in [-0.3, -0.25) is 0 Å². The van der Waals surface area contributed by atoms with Gasteiger partial charge < -0.3 is 9.47 Å². The molecule has 2 aromatic rings. The minimum Gasteiger partial charge on any atom is -0.496 e. The molecule has 0 atom stereocenters. The van der Waals surface area contributed by atoms with Gasteiger partial charge in [-0.25, -0.2) is 4.79 Å². The molecule has 0 bridgehead atoms. The van der Waals surface area contributed by atoms with E-state index < -0.39 is 0 Å². The van der Waals surface area contributed by atoms with Crippen LogP contribution in [0.3, 0.4) is 0 Å². The molecular formula is C15H13BrO3S. The molecule has 0 aromatic heterocycles. The van der Waals surface area contributed by atoms with Crippen LogP contribution in [0.5, 0.6) is 5.75 Å². The van der Waals surface area contributed by atoms with Crippen molar-refractivity contribution in [3.8, 4) is 5.75 Å². The van der Waals surface area contributed by atoms with Gasteiger partial charge in [-0.1, -0.05) is 27.7 Å². The molecule has 20 heavy (non-hydrogen) atoms. The van der Waals surface area contributed by atoms with E-state index in [0.29, 0.717) is 11.3 Å². The van der Waals surface area contributed by atoms with Crippen molar-refractivity contribution in [2.45, 2.75) is 9.79 Å². The van der Waals surface area contributed by atoms with Gasteiger partial charge in [0, 0.05) is 9.37 Å². The minimum atomic E-state index is -0.372. The largest absolute Gasteiger partial charge is 0.496 e. The van der Waals surface area contributed by atoms with Gasteiger partial charge in [-0.2, -0.15) is 0 Å². The van der Waals surface area contributed by atoms with Gasteiger partial charge >= 0.3 is 5.97 Å². The van der Waals surface area contributed by atoms with Crippen molar-refractivity contribution in [1.82, 2.24) is 0 Å². The molecule has 104 valence electrons. The zero-order chi connectivity index (χ0) is 14.5. The van der Waals surface area contributed by atoms with E-state index in [0.717, 1.165) is 14.3 Å². The number of carbonyl (C=O) groups excluding carboxylic acids is 1. The zero-order valence-electron chi connectivity index (χ0n) is 11.1. The molecule has 0 heterocycles. The maximum atomic E-state index is 11.5. The van der Waals surface area contributed by atoms with Crippen LogP contribution in [0.15, 0.2) is 56.7 Å². The van der Waals surface area contributed by atoms with Crippen molar-refractivity contribution < 1.29 is 14.3 Å². The van der Waals surface area contributed by atoms with Gasteiger partial charge in [0.25, 0.3) is 0 Å². The summed E-state index contributed by atoms with van der Waals surface area (Å²) in [5, 5.41) is 0. The lowest BCUT2D eigenvalue weighted by atomic mass is 10.2. The van der Waals surface area contributed by atoms with E-state index in [9.17, 15) is 4.79 Å². The van der Waals surface area contributed by atoms with E-state index in [1.807, 2.05) is 30.3 Å². The van der Waals surface area contributed by atoms with Gasteiger partial charge in [0.05, 0.1) is 24.7 Å². The predicted molar refractivity (Wildman–Crippen MR) is 82.6 cm³/mol. The summed E-state index contributed by atoms with van der Waals surface area (Å²) >= 11 is 4.98. The standard InChI is InChI=1S/C15H13BrO3S/c1-18-13-9-10(15(17)19-2)3-8-14(13)20-12-6-4-11(16)5-7-12/h3-9H,1-2H3.